The van der Waals surface area contributed by atoms with Gasteiger partial charge in [0.1, 0.15) is 6.04 Å². The number of carbonyl (C=O) groups excluding carboxylic acids is 1. The quantitative estimate of drug-likeness (QED) is 0.741. The van der Waals surface area contributed by atoms with E-state index in [1.165, 1.54) is 0 Å². The molecule has 0 saturated carbocycles. The molecule has 0 radical (unpaired) electrons. The average molecular weight is 259 g/mol. The van der Waals surface area contributed by atoms with Crippen LogP contribution in [-0.4, -0.2) is 46.5 Å². The monoisotopic (exact) mass is 259 g/mol. The van der Waals surface area contributed by atoms with Gasteiger partial charge in [-0.15, -0.1) is 0 Å². The third kappa shape index (κ3) is 4.58. The van der Waals surface area contributed by atoms with Crippen molar-refractivity contribution in [2.45, 2.75) is 44.6 Å². The Balaban J connectivity index is 2.39. The smallest absolute Gasteiger partial charge is 0.326 e. The van der Waals surface area contributed by atoms with E-state index in [0.717, 1.165) is 31.4 Å². The Morgan fingerprint density at radius 3 is 2.76 bits per heavy atom. The summed E-state index contributed by atoms with van der Waals surface area (Å²) >= 11 is 1.78. The molecule has 0 bridgehead atoms. The Morgan fingerprint density at radius 1 is 1.35 bits per heavy atom. The van der Waals surface area contributed by atoms with Crippen molar-refractivity contribution in [2.75, 3.05) is 18.6 Å². The summed E-state index contributed by atoms with van der Waals surface area (Å²) in [7, 11) is 0. The van der Waals surface area contributed by atoms with E-state index in [4.69, 9.17) is 5.11 Å². The van der Waals surface area contributed by atoms with Crippen molar-refractivity contribution >= 4 is 23.6 Å². The Bertz CT molecular complexity index is 270. The summed E-state index contributed by atoms with van der Waals surface area (Å²) in [6, 6.07) is -0.586. The largest absolute Gasteiger partial charge is 0.480 e. The number of hydrogen-bond acceptors (Lipinski definition) is 3. The summed E-state index contributed by atoms with van der Waals surface area (Å²) in [5, 5.41) is 9.07. The van der Waals surface area contributed by atoms with Crippen molar-refractivity contribution in [3.8, 4) is 0 Å². The van der Waals surface area contributed by atoms with Crippen LogP contribution in [-0.2, 0) is 9.59 Å². The van der Waals surface area contributed by atoms with Crippen molar-refractivity contribution in [3.63, 3.8) is 0 Å². The lowest BCUT2D eigenvalue weighted by Crippen LogP contribution is -2.47. The highest BCUT2D eigenvalue weighted by Crippen LogP contribution is 2.19. The highest BCUT2D eigenvalue weighted by molar-refractivity contribution is 7.98. The van der Waals surface area contributed by atoms with Crippen molar-refractivity contribution in [2.24, 2.45) is 0 Å². The maximum absolute atomic E-state index is 11.9. The van der Waals surface area contributed by atoms with Gasteiger partial charge >= 0.3 is 5.97 Å². The summed E-state index contributed by atoms with van der Waals surface area (Å²) in [4.78, 5) is 24.5. The molecular formula is C12H21NO3S. The molecule has 0 aromatic heterocycles. The van der Waals surface area contributed by atoms with Gasteiger partial charge in [0, 0.05) is 13.0 Å². The van der Waals surface area contributed by atoms with Crippen LogP contribution < -0.4 is 0 Å². The number of aliphatic carboxylic acids is 1. The van der Waals surface area contributed by atoms with E-state index in [-0.39, 0.29) is 5.91 Å². The topological polar surface area (TPSA) is 57.6 Å². The van der Waals surface area contributed by atoms with Crippen molar-refractivity contribution in [1.29, 1.82) is 0 Å². The summed E-state index contributed by atoms with van der Waals surface area (Å²) in [6.45, 7) is 0.609. The van der Waals surface area contributed by atoms with E-state index in [2.05, 4.69) is 0 Å². The van der Waals surface area contributed by atoms with Crippen molar-refractivity contribution in [1.82, 2.24) is 4.90 Å². The van der Waals surface area contributed by atoms with Crippen LogP contribution in [0.4, 0.5) is 0 Å². The van der Waals surface area contributed by atoms with E-state index in [1.54, 1.807) is 16.7 Å². The highest BCUT2D eigenvalue weighted by atomic mass is 32.2. The first-order valence-electron chi connectivity index (χ1n) is 6.18. The molecule has 0 aromatic carbocycles. The van der Waals surface area contributed by atoms with E-state index in [0.29, 0.717) is 19.4 Å². The fraction of sp³-hybridized carbons (Fsp3) is 0.833. The zero-order chi connectivity index (χ0) is 12.7. The van der Waals surface area contributed by atoms with Gasteiger partial charge in [-0.2, -0.15) is 11.8 Å². The molecular weight excluding hydrogens is 238 g/mol. The molecule has 1 aliphatic rings. The predicted molar refractivity (Wildman–Crippen MR) is 69.2 cm³/mol. The Hall–Kier alpha value is -0.710. The van der Waals surface area contributed by atoms with Gasteiger partial charge in [-0.25, -0.2) is 4.79 Å². The first-order valence-corrected chi connectivity index (χ1v) is 7.57. The minimum atomic E-state index is -0.859. The van der Waals surface area contributed by atoms with Gasteiger partial charge in [0.2, 0.25) is 5.91 Å². The molecule has 1 amide bonds. The molecule has 1 aliphatic heterocycles. The number of likely N-dealkylation sites (tertiary alicyclic amines) is 1. The number of unbranched alkanes of at least 4 members (excludes halogenated alkanes) is 1. The standard InChI is InChI=1S/C12H21NO3S/c1-17-9-5-3-7-11(14)13-8-4-2-6-10(13)12(15)16/h10H,2-9H2,1H3,(H,15,16). The molecule has 98 valence electrons. The number of carboxylic acids is 1. The average Bonchev–Trinajstić information content (AvgIpc) is 2.34. The normalized spacial score (nSPS) is 20.3. The minimum Gasteiger partial charge on any atom is -0.480 e. The van der Waals surface area contributed by atoms with Crippen LogP contribution in [0.2, 0.25) is 0 Å². The maximum atomic E-state index is 11.9. The first-order chi connectivity index (χ1) is 8.16. The van der Waals surface area contributed by atoms with Gasteiger partial charge in [-0.1, -0.05) is 0 Å². The summed E-state index contributed by atoms with van der Waals surface area (Å²) in [6.07, 6.45) is 6.87. The number of hydrogen-bond donors (Lipinski definition) is 1. The second-order valence-corrected chi connectivity index (χ2v) is 5.37. The first kappa shape index (κ1) is 14.4. The van der Waals surface area contributed by atoms with Gasteiger partial charge in [0.05, 0.1) is 0 Å². The third-order valence-electron chi connectivity index (χ3n) is 3.10. The number of carboxylic acid groups (broad SMARTS) is 1. The van der Waals surface area contributed by atoms with Crippen molar-refractivity contribution < 1.29 is 14.7 Å². The number of piperidine rings is 1. The van der Waals surface area contributed by atoms with Crippen LogP contribution in [0, 0.1) is 0 Å². The van der Waals surface area contributed by atoms with Crippen LogP contribution in [0.25, 0.3) is 0 Å². The Labute approximate surface area is 107 Å². The fourth-order valence-electron chi connectivity index (χ4n) is 2.15. The van der Waals surface area contributed by atoms with Crippen LogP contribution >= 0.6 is 11.8 Å². The van der Waals surface area contributed by atoms with E-state index in [9.17, 15) is 9.59 Å². The molecule has 1 atom stereocenters. The Morgan fingerprint density at radius 2 is 2.12 bits per heavy atom. The zero-order valence-electron chi connectivity index (χ0n) is 10.4. The lowest BCUT2D eigenvalue weighted by atomic mass is 10.0. The van der Waals surface area contributed by atoms with E-state index in [1.807, 2.05) is 6.26 Å². The molecule has 1 unspecified atom stereocenters. The molecule has 5 heteroatoms. The maximum Gasteiger partial charge on any atom is 0.326 e. The molecule has 1 saturated heterocycles. The molecule has 0 aliphatic carbocycles. The summed E-state index contributed by atoms with van der Waals surface area (Å²) < 4.78 is 0. The van der Waals surface area contributed by atoms with Crippen molar-refractivity contribution in [3.05, 3.63) is 0 Å². The molecule has 1 fully saturated rings. The number of thioether (sulfide) groups is 1. The zero-order valence-corrected chi connectivity index (χ0v) is 11.2. The molecule has 0 aromatic rings. The molecule has 1 N–H and O–H groups in total. The number of amides is 1. The number of rotatable bonds is 6. The second-order valence-electron chi connectivity index (χ2n) is 4.39. The molecule has 4 nitrogen and oxygen atoms in total. The van der Waals surface area contributed by atoms with E-state index < -0.39 is 12.0 Å². The predicted octanol–water partition coefficient (Wildman–Crippen LogP) is 1.99. The van der Waals surface area contributed by atoms with Crippen LogP contribution in [0.3, 0.4) is 0 Å². The van der Waals surface area contributed by atoms with Crippen LogP contribution in [0.1, 0.15) is 38.5 Å². The van der Waals surface area contributed by atoms with Crippen LogP contribution in [0.15, 0.2) is 0 Å². The summed E-state index contributed by atoms with van der Waals surface area (Å²) in [5.74, 6) is 0.218. The van der Waals surface area contributed by atoms with Gasteiger partial charge in [-0.3, -0.25) is 4.79 Å². The number of carbonyl (C=O) groups is 2. The van der Waals surface area contributed by atoms with Crippen LogP contribution in [0.5, 0.6) is 0 Å². The molecule has 17 heavy (non-hydrogen) atoms. The van der Waals surface area contributed by atoms with Gasteiger partial charge in [0.15, 0.2) is 0 Å². The lowest BCUT2D eigenvalue weighted by Gasteiger charge is -2.33. The third-order valence-corrected chi connectivity index (χ3v) is 3.79. The fourth-order valence-corrected chi connectivity index (χ4v) is 2.65. The number of nitrogens with zero attached hydrogens (tertiary/aromatic N) is 1. The molecule has 1 heterocycles. The van der Waals surface area contributed by atoms with Gasteiger partial charge < -0.3 is 10.0 Å². The second kappa shape index (κ2) is 7.58. The van der Waals surface area contributed by atoms with Gasteiger partial charge in [-0.05, 0) is 44.1 Å². The van der Waals surface area contributed by atoms with Gasteiger partial charge in [0.25, 0.3) is 0 Å². The molecule has 1 rings (SSSR count). The van der Waals surface area contributed by atoms with E-state index >= 15 is 0 Å². The Kier molecular flexibility index (Phi) is 6.40. The molecule has 0 spiro atoms. The summed E-state index contributed by atoms with van der Waals surface area (Å²) in [5.41, 5.74) is 0. The minimum absolute atomic E-state index is 0.0122. The highest BCUT2D eigenvalue weighted by Gasteiger charge is 2.31. The lowest BCUT2D eigenvalue weighted by molar-refractivity contribution is -0.152. The SMILES string of the molecule is CSCCCCC(=O)N1CCCCC1C(=O)O.